The summed E-state index contributed by atoms with van der Waals surface area (Å²) in [7, 11) is 0. The third kappa shape index (κ3) is 2.99. The van der Waals surface area contributed by atoms with Gasteiger partial charge >= 0.3 is 0 Å². The second-order valence-corrected chi connectivity index (χ2v) is 6.33. The first-order chi connectivity index (χ1) is 11.3. The number of likely N-dealkylation sites (tertiary alicyclic amines) is 1. The number of H-pyrrole nitrogens is 1. The Kier molecular flexibility index (Phi) is 3.83. The minimum absolute atomic E-state index is 0.107. The lowest BCUT2D eigenvalue weighted by molar-refractivity contribution is 0.196. The fourth-order valence-electron chi connectivity index (χ4n) is 3.52. The number of aromatic nitrogens is 2. The molecule has 0 amide bonds. The van der Waals surface area contributed by atoms with Gasteiger partial charge in [-0.05, 0) is 43.7 Å². The standard InChI is InChI=1S/C19H20FN3/c20-17-8-2-1-5-15(17)12-23-10-4-7-16(13-23)18-11-14-6-3-9-21-19(14)22-18/h1-3,5-6,8-9,11,16H,4,7,10,12-13H2,(H,21,22). The Balaban J connectivity index is 1.51. The largest absolute Gasteiger partial charge is 0.343 e. The quantitative estimate of drug-likeness (QED) is 0.790. The van der Waals surface area contributed by atoms with Crippen LogP contribution in [-0.2, 0) is 6.54 Å². The van der Waals surface area contributed by atoms with Crippen molar-refractivity contribution in [3.63, 3.8) is 0 Å². The summed E-state index contributed by atoms with van der Waals surface area (Å²) in [5, 5.41) is 1.16. The molecule has 0 saturated carbocycles. The van der Waals surface area contributed by atoms with Crippen molar-refractivity contribution in [1.82, 2.24) is 14.9 Å². The minimum atomic E-state index is -0.107. The summed E-state index contributed by atoms with van der Waals surface area (Å²) in [4.78, 5) is 10.2. The molecule has 3 heterocycles. The number of halogens is 1. The number of hydrogen-bond donors (Lipinski definition) is 1. The molecule has 3 nitrogen and oxygen atoms in total. The number of aromatic amines is 1. The molecule has 1 saturated heterocycles. The first kappa shape index (κ1) is 14.4. The van der Waals surface area contributed by atoms with Gasteiger partial charge in [-0.15, -0.1) is 0 Å². The average Bonchev–Trinajstić information content (AvgIpc) is 3.01. The number of piperidine rings is 1. The van der Waals surface area contributed by atoms with Gasteiger partial charge in [0.15, 0.2) is 0 Å². The van der Waals surface area contributed by atoms with E-state index in [4.69, 9.17) is 0 Å². The average molecular weight is 309 g/mol. The number of benzene rings is 1. The summed E-state index contributed by atoms with van der Waals surface area (Å²) in [5.74, 6) is 0.356. The monoisotopic (exact) mass is 309 g/mol. The zero-order valence-electron chi connectivity index (χ0n) is 13.0. The molecule has 1 aliphatic heterocycles. The van der Waals surface area contributed by atoms with Crippen LogP contribution in [0.5, 0.6) is 0 Å². The SMILES string of the molecule is Fc1ccccc1CN1CCCC(c2cc3cccnc3[nH]2)C1. The summed E-state index contributed by atoms with van der Waals surface area (Å²) in [5.41, 5.74) is 2.98. The normalized spacial score (nSPS) is 19.3. The summed E-state index contributed by atoms with van der Waals surface area (Å²) >= 11 is 0. The second-order valence-electron chi connectivity index (χ2n) is 6.33. The Morgan fingerprint density at radius 2 is 2.13 bits per heavy atom. The molecule has 0 bridgehead atoms. The molecule has 1 aliphatic rings. The Morgan fingerprint density at radius 3 is 3.00 bits per heavy atom. The molecule has 1 N–H and O–H groups in total. The van der Waals surface area contributed by atoms with Crippen molar-refractivity contribution in [3.8, 4) is 0 Å². The number of pyridine rings is 1. The highest BCUT2D eigenvalue weighted by Gasteiger charge is 2.23. The molecule has 2 aromatic heterocycles. The predicted molar refractivity (Wildman–Crippen MR) is 89.7 cm³/mol. The fraction of sp³-hybridized carbons (Fsp3) is 0.316. The van der Waals surface area contributed by atoms with Crippen LogP contribution in [0.1, 0.15) is 30.0 Å². The molecule has 1 atom stereocenters. The lowest BCUT2D eigenvalue weighted by Gasteiger charge is -2.32. The molecular formula is C19H20FN3. The molecule has 23 heavy (non-hydrogen) atoms. The van der Waals surface area contributed by atoms with E-state index in [0.717, 1.165) is 36.1 Å². The van der Waals surface area contributed by atoms with E-state index in [1.54, 1.807) is 12.1 Å². The van der Waals surface area contributed by atoms with Gasteiger partial charge in [-0.25, -0.2) is 9.37 Å². The molecule has 118 valence electrons. The highest BCUT2D eigenvalue weighted by atomic mass is 19.1. The third-order valence-corrected chi connectivity index (χ3v) is 4.71. The lowest BCUT2D eigenvalue weighted by atomic mass is 9.94. The molecule has 0 spiro atoms. The highest BCUT2D eigenvalue weighted by Crippen LogP contribution is 2.29. The van der Waals surface area contributed by atoms with Crippen LogP contribution in [0.4, 0.5) is 4.39 Å². The fourth-order valence-corrected chi connectivity index (χ4v) is 3.52. The van der Waals surface area contributed by atoms with Gasteiger partial charge in [0.05, 0.1) is 0 Å². The van der Waals surface area contributed by atoms with Crippen LogP contribution >= 0.6 is 0 Å². The molecule has 1 fully saturated rings. The Bertz CT molecular complexity index is 778. The van der Waals surface area contributed by atoms with Gasteiger partial charge in [-0.1, -0.05) is 18.2 Å². The van der Waals surface area contributed by atoms with Gasteiger partial charge in [-0.2, -0.15) is 0 Å². The lowest BCUT2D eigenvalue weighted by Crippen LogP contribution is -2.34. The van der Waals surface area contributed by atoms with Gasteiger partial charge in [0.2, 0.25) is 0 Å². The number of hydrogen-bond acceptors (Lipinski definition) is 2. The summed E-state index contributed by atoms with van der Waals surface area (Å²) in [6, 6.07) is 13.3. The molecule has 0 aliphatic carbocycles. The smallest absolute Gasteiger partial charge is 0.137 e. The Labute approximate surface area is 135 Å². The maximum atomic E-state index is 13.9. The van der Waals surface area contributed by atoms with Crippen molar-refractivity contribution in [2.75, 3.05) is 13.1 Å². The first-order valence-corrected chi connectivity index (χ1v) is 8.19. The number of nitrogens with one attached hydrogen (secondary N) is 1. The van der Waals surface area contributed by atoms with Crippen molar-refractivity contribution in [1.29, 1.82) is 0 Å². The van der Waals surface area contributed by atoms with E-state index < -0.39 is 0 Å². The van der Waals surface area contributed by atoms with Crippen LogP contribution in [-0.4, -0.2) is 28.0 Å². The number of fused-ring (bicyclic) bond motifs is 1. The van der Waals surface area contributed by atoms with E-state index in [9.17, 15) is 4.39 Å². The van der Waals surface area contributed by atoms with E-state index in [1.807, 2.05) is 24.4 Å². The molecule has 4 rings (SSSR count). The molecule has 4 heteroatoms. The van der Waals surface area contributed by atoms with Crippen molar-refractivity contribution in [2.24, 2.45) is 0 Å². The van der Waals surface area contributed by atoms with Crippen molar-refractivity contribution in [3.05, 3.63) is 65.7 Å². The third-order valence-electron chi connectivity index (χ3n) is 4.71. The molecule has 0 radical (unpaired) electrons. The van der Waals surface area contributed by atoms with Gasteiger partial charge in [-0.3, -0.25) is 4.90 Å². The van der Waals surface area contributed by atoms with Crippen molar-refractivity contribution < 1.29 is 4.39 Å². The van der Waals surface area contributed by atoms with Crippen LogP contribution in [0.25, 0.3) is 11.0 Å². The molecular weight excluding hydrogens is 289 g/mol. The maximum absolute atomic E-state index is 13.9. The molecule has 1 unspecified atom stereocenters. The molecule has 1 aromatic carbocycles. The summed E-state index contributed by atoms with van der Waals surface area (Å²) in [6.45, 7) is 2.67. The van der Waals surface area contributed by atoms with E-state index in [1.165, 1.54) is 12.1 Å². The zero-order chi connectivity index (χ0) is 15.6. The topological polar surface area (TPSA) is 31.9 Å². The second kappa shape index (κ2) is 6.13. The van der Waals surface area contributed by atoms with Gasteiger partial charge < -0.3 is 4.98 Å². The van der Waals surface area contributed by atoms with E-state index in [2.05, 4.69) is 27.0 Å². The first-order valence-electron chi connectivity index (χ1n) is 8.19. The highest BCUT2D eigenvalue weighted by molar-refractivity contribution is 5.76. The number of nitrogens with zero attached hydrogens (tertiary/aromatic N) is 2. The summed E-state index contributed by atoms with van der Waals surface area (Å²) in [6.07, 6.45) is 4.12. The predicted octanol–water partition coefficient (Wildman–Crippen LogP) is 4.08. The van der Waals surface area contributed by atoms with Crippen LogP contribution in [0.3, 0.4) is 0 Å². The van der Waals surface area contributed by atoms with E-state index in [0.29, 0.717) is 12.5 Å². The minimum Gasteiger partial charge on any atom is -0.343 e. The maximum Gasteiger partial charge on any atom is 0.137 e. The van der Waals surface area contributed by atoms with E-state index in [-0.39, 0.29) is 5.82 Å². The van der Waals surface area contributed by atoms with E-state index >= 15 is 0 Å². The van der Waals surface area contributed by atoms with Crippen LogP contribution in [0, 0.1) is 5.82 Å². The van der Waals surface area contributed by atoms with Crippen molar-refractivity contribution >= 4 is 11.0 Å². The zero-order valence-corrected chi connectivity index (χ0v) is 13.0. The molecule has 3 aromatic rings. The Hall–Kier alpha value is -2.20. The van der Waals surface area contributed by atoms with Crippen LogP contribution < -0.4 is 0 Å². The van der Waals surface area contributed by atoms with Gasteiger partial charge in [0, 0.05) is 41.8 Å². The Morgan fingerprint density at radius 1 is 1.22 bits per heavy atom. The van der Waals surface area contributed by atoms with Crippen LogP contribution in [0.2, 0.25) is 0 Å². The van der Waals surface area contributed by atoms with Gasteiger partial charge in [0.25, 0.3) is 0 Å². The van der Waals surface area contributed by atoms with Crippen molar-refractivity contribution in [2.45, 2.75) is 25.3 Å². The number of rotatable bonds is 3. The van der Waals surface area contributed by atoms with Crippen LogP contribution in [0.15, 0.2) is 48.7 Å². The van der Waals surface area contributed by atoms with Gasteiger partial charge in [0.1, 0.15) is 11.5 Å². The summed E-state index contributed by atoms with van der Waals surface area (Å²) < 4.78 is 13.9.